The quantitative estimate of drug-likeness (QED) is 0.226. The number of aliphatic hydroxyl groups excluding tert-OH is 1. The molecule has 2 aliphatic carbocycles. The molecule has 2 aromatic carbocycles. The van der Waals surface area contributed by atoms with Crippen molar-refractivity contribution in [2.45, 2.75) is 68.2 Å². The van der Waals surface area contributed by atoms with E-state index in [0.29, 0.717) is 71.2 Å². The number of fused-ring (bicyclic) bond motifs is 1. The van der Waals surface area contributed by atoms with Crippen molar-refractivity contribution in [2.75, 3.05) is 18.0 Å². The summed E-state index contributed by atoms with van der Waals surface area (Å²) in [6.07, 6.45) is 5.20. The van der Waals surface area contributed by atoms with Crippen molar-refractivity contribution < 1.29 is 24.3 Å². The van der Waals surface area contributed by atoms with Crippen LogP contribution in [0.1, 0.15) is 76.7 Å². The van der Waals surface area contributed by atoms with Crippen LogP contribution in [0.25, 0.3) is 0 Å². The molecule has 270 valence electrons. The molecule has 2 aliphatic heterocycles. The standard InChI is InChI=1S/C38H34Cl2N8O5/c1-36(17-22-2-4-23(18-41)5-3-22)34(53)47(27-15-25(39)14-26(40)16-27)35-43-20-29(48(35)36)31(50)44-38(11-12-38)33(52)45-37(9-10-37)30-7-6-24(19-42-30)32(51)46-13-8-28(49)21-46/h2-7,14-16,19-20,28,49H,8-13,17,21H2,1H3,(H,44,50)(H,45,52)/t28-,36-/m1/s1. The number of benzene rings is 2. The predicted octanol–water partition coefficient (Wildman–Crippen LogP) is 4.37. The molecule has 0 unspecified atom stereocenters. The molecule has 4 aromatic rings. The molecule has 4 heterocycles. The number of nitrogens with one attached hydrogen (secondary N) is 2. The van der Waals surface area contributed by atoms with E-state index in [1.807, 2.05) is 0 Å². The maximum atomic E-state index is 14.4. The molecule has 8 rings (SSSR count). The third kappa shape index (κ3) is 6.10. The lowest BCUT2D eigenvalue weighted by molar-refractivity contribution is -0.125. The summed E-state index contributed by atoms with van der Waals surface area (Å²) in [7, 11) is 0. The van der Waals surface area contributed by atoms with Gasteiger partial charge < -0.3 is 20.6 Å². The Labute approximate surface area is 314 Å². The van der Waals surface area contributed by atoms with Crippen LogP contribution in [-0.2, 0) is 27.1 Å². The Morgan fingerprint density at radius 2 is 1.70 bits per heavy atom. The number of hydrogen-bond acceptors (Lipinski definition) is 8. The Bertz CT molecular complexity index is 2210. The highest BCUT2D eigenvalue weighted by Gasteiger charge is 2.57. The van der Waals surface area contributed by atoms with Gasteiger partial charge in [-0.15, -0.1) is 0 Å². The number of nitrogens with zero attached hydrogens (tertiary/aromatic N) is 6. The van der Waals surface area contributed by atoms with E-state index in [0.717, 1.165) is 5.56 Å². The second-order valence-corrected chi connectivity index (χ2v) is 15.4. The van der Waals surface area contributed by atoms with Gasteiger partial charge >= 0.3 is 0 Å². The van der Waals surface area contributed by atoms with E-state index in [1.165, 1.54) is 17.3 Å². The molecule has 53 heavy (non-hydrogen) atoms. The highest BCUT2D eigenvalue weighted by molar-refractivity contribution is 6.35. The number of aromatic nitrogens is 3. The summed E-state index contributed by atoms with van der Waals surface area (Å²) in [6, 6.07) is 17.1. The van der Waals surface area contributed by atoms with Gasteiger partial charge in [-0.25, -0.2) is 9.88 Å². The van der Waals surface area contributed by atoms with Gasteiger partial charge in [-0.3, -0.25) is 28.7 Å². The minimum atomic E-state index is -1.34. The molecule has 2 aromatic heterocycles. The SMILES string of the molecule is C[C@@]1(Cc2ccc(C#N)cc2)C(=O)N(c2cc(Cl)cc(Cl)c2)c2ncc(C(=O)NC3(C(=O)NC4(c5ccc(C(=O)N6CC[C@@H](O)C6)cn5)CC4)CC3)n21. The highest BCUT2D eigenvalue weighted by Crippen LogP contribution is 2.47. The molecule has 2 atom stereocenters. The molecule has 4 amide bonds. The van der Waals surface area contributed by atoms with Gasteiger partial charge in [0.15, 0.2) is 0 Å². The zero-order valence-corrected chi connectivity index (χ0v) is 30.1. The number of likely N-dealkylation sites (tertiary alicyclic amines) is 1. The fraction of sp³-hybridized carbons (Fsp3) is 0.342. The monoisotopic (exact) mass is 752 g/mol. The van der Waals surface area contributed by atoms with Crippen molar-refractivity contribution >= 4 is 58.5 Å². The van der Waals surface area contributed by atoms with E-state index in [1.54, 1.807) is 71.0 Å². The molecule has 3 N–H and O–H groups in total. The Balaban J connectivity index is 1.04. The molecule has 3 fully saturated rings. The number of carbonyl (C=O) groups is 4. The minimum Gasteiger partial charge on any atom is -0.391 e. The smallest absolute Gasteiger partial charge is 0.270 e. The maximum absolute atomic E-state index is 14.4. The predicted molar refractivity (Wildman–Crippen MR) is 194 cm³/mol. The molecule has 4 aliphatic rings. The summed E-state index contributed by atoms with van der Waals surface area (Å²) < 4.78 is 1.59. The number of nitriles is 1. The summed E-state index contributed by atoms with van der Waals surface area (Å²) in [4.78, 5) is 67.4. The van der Waals surface area contributed by atoms with Gasteiger partial charge in [0.1, 0.15) is 16.8 Å². The van der Waals surface area contributed by atoms with E-state index >= 15 is 0 Å². The van der Waals surface area contributed by atoms with Crippen LogP contribution < -0.4 is 15.5 Å². The normalized spacial score (nSPS) is 21.9. The Hall–Kier alpha value is -5.29. The van der Waals surface area contributed by atoms with Gasteiger partial charge in [0.05, 0.1) is 46.4 Å². The largest absolute Gasteiger partial charge is 0.391 e. The van der Waals surface area contributed by atoms with Crippen LogP contribution in [0.3, 0.4) is 0 Å². The van der Waals surface area contributed by atoms with Crippen molar-refractivity contribution in [3.8, 4) is 6.07 Å². The van der Waals surface area contributed by atoms with E-state index in [9.17, 15) is 29.5 Å². The number of amides is 4. The molecule has 1 saturated heterocycles. The summed E-state index contributed by atoms with van der Waals surface area (Å²) in [6.45, 7) is 2.50. The summed E-state index contributed by atoms with van der Waals surface area (Å²) in [5.74, 6) is -1.29. The van der Waals surface area contributed by atoms with Crippen LogP contribution in [0, 0.1) is 11.3 Å². The van der Waals surface area contributed by atoms with Crippen LogP contribution >= 0.6 is 23.2 Å². The van der Waals surface area contributed by atoms with E-state index in [-0.39, 0.29) is 42.3 Å². The first-order valence-corrected chi connectivity index (χ1v) is 18.1. The second kappa shape index (κ2) is 12.7. The van der Waals surface area contributed by atoms with Gasteiger partial charge in [-0.2, -0.15) is 5.26 Å². The third-order valence-electron chi connectivity index (χ3n) is 10.7. The zero-order valence-electron chi connectivity index (χ0n) is 28.6. The summed E-state index contributed by atoms with van der Waals surface area (Å²) in [5, 5.41) is 25.8. The highest BCUT2D eigenvalue weighted by atomic mass is 35.5. The first-order valence-electron chi connectivity index (χ1n) is 17.3. The number of anilines is 2. The fourth-order valence-electron chi connectivity index (χ4n) is 7.36. The summed E-state index contributed by atoms with van der Waals surface area (Å²) in [5.41, 5.74) is -0.503. The van der Waals surface area contributed by atoms with E-state index in [2.05, 4.69) is 26.7 Å². The van der Waals surface area contributed by atoms with Crippen molar-refractivity contribution in [1.29, 1.82) is 5.26 Å². The molecule has 2 saturated carbocycles. The summed E-state index contributed by atoms with van der Waals surface area (Å²) >= 11 is 12.7. The number of halogens is 2. The number of aliphatic hydroxyl groups is 1. The Kier molecular flexibility index (Phi) is 8.32. The van der Waals surface area contributed by atoms with Crippen LogP contribution in [0.15, 0.2) is 67.0 Å². The zero-order chi connectivity index (χ0) is 37.3. The van der Waals surface area contributed by atoms with Gasteiger partial charge in [0, 0.05) is 35.8 Å². The van der Waals surface area contributed by atoms with Gasteiger partial charge in [-0.1, -0.05) is 35.3 Å². The molecule has 0 radical (unpaired) electrons. The van der Waals surface area contributed by atoms with Crippen LogP contribution in [-0.4, -0.2) is 72.9 Å². The number of imidazole rings is 1. The van der Waals surface area contributed by atoms with Crippen molar-refractivity contribution in [2.24, 2.45) is 0 Å². The molecule has 0 bridgehead atoms. The second-order valence-electron chi connectivity index (χ2n) is 14.5. The Morgan fingerprint density at radius 1 is 0.981 bits per heavy atom. The lowest BCUT2D eigenvalue weighted by Crippen LogP contribution is -2.52. The van der Waals surface area contributed by atoms with Crippen molar-refractivity contribution in [3.63, 3.8) is 0 Å². The number of hydrogen-bond donors (Lipinski definition) is 3. The average Bonchev–Trinajstić information content (AvgIpc) is 3.98. The Morgan fingerprint density at radius 3 is 2.28 bits per heavy atom. The minimum absolute atomic E-state index is 0.0905. The molecular formula is C38H34Cl2N8O5. The maximum Gasteiger partial charge on any atom is 0.270 e. The van der Waals surface area contributed by atoms with Crippen LogP contribution in [0.2, 0.25) is 10.0 Å². The van der Waals surface area contributed by atoms with Crippen LogP contribution in [0.4, 0.5) is 11.6 Å². The average molecular weight is 754 g/mol. The van der Waals surface area contributed by atoms with Gasteiger partial charge in [0.25, 0.3) is 17.7 Å². The van der Waals surface area contributed by atoms with E-state index in [4.69, 9.17) is 23.2 Å². The van der Waals surface area contributed by atoms with Crippen molar-refractivity contribution in [3.05, 3.63) is 105 Å². The number of rotatable bonds is 9. The third-order valence-corrected chi connectivity index (χ3v) is 11.1. The molecule has 0 spiro atoms. The van der Waals surface area contributed by atoms with Gasteiger partial charge in [0.2, 0.25) is 11.9 Å². The van der Waals surface area contributed by atoms with Gasteiger partial charge in [-0.05, 0) is 87.1 Å². The van der Waals surface area contributed by atoms with E-state index < -0.39 is 28.6 Å². The lowest BCUT2D eigenvalue weighted by Gasteiger charge is -2.27. The number of carbonyl (C=O) groups excluding carboxylic acids is 4. The first-order chi connectivity index (χ1) is 25.3. The number of β-amino-alcohol motifs (C(OH)–C–C–N with tert-alkyl or cyclic N) is 1. The molecular weight excluding hydrogens is 719 g/mol. The molecule has 15 heteroatoms. The lowest BCUT2D eigenvalue weighted by atomic mass is 9.91. The topological polar surface area (TPSA) is 174 Å². The number of pyridine rings is 1. The van der Waals surface area contributed by atoms with Crippen LogP contribution in [0.5, 0.6) is 0 Å². The fourth-order valence-corrected chi connectivity index (χ4v) is 7.87. The first kappa shape index (κ1) is 34.8. The molecule has 13 nitrogen and oxygen atoms in total. The van der Waals surface area contributed by atoms with Crippen molar-refractivity contribution in [1.82, 2.24) is 30.1 Å².